The molecule has 0 fully saturated rings. The zero-order valence-electron chi connectivity index (χ0n) is 16.7. The van der Waals surface area contributed by atoms with Crippen molar-refractivity contribution in [2.45, 2.75) is 26.4 Å². The van der Waals surface area contributed by atoms with Crippen LogP contribution in [0.1, 0.15) is 17.5 Å². The number of H-pyrrole nitrogens is 2. The minimum atomic E-state index is -0.254. The number of aryl methyl sites for hydroxylation is 1. The molecule has 30 heavy (non-hydrogen) atoms. The third kappa shape index (κ3) is 3.86. The van der Waals surface area contributed by atoms with E-state index in [0.717, 1.165) is 16.5 Å². The lowest BCUT2D eigenvalue weighted by molar-refractivity contribution is -0.121. The van der Waals surface area contributed by atoms with Gasteiger partial charge in [0.1, 0.15) is 11.3 Å². The first kappa shape index (κ1) is 19.9. The normalized spacial score (nSPS) is 11.1. The van der Waals surface area contributed by atoms with Crippen LogP contribution in [0.25, 0.3) is 21.9 Å². The molecule has 0 saturated carbocycles. The van der Waals surface area contributed by atoms with E-state index < -0.39 is 0 Å². The van der Waals surface area contributed by atoms with Crippen LogP contribution in [0.15, 0.2) is 47.3 Å². The van der Waals surface area contributed by atoms with Gasteiger partial charge in [0, 0.05) is 30.4 Å². The summed E-state index contributed by atoms with van der Waals surface area (Å²) in [5.74, 6) is 0.551. The van der Waals surface area contributed by atoms with E-state index in [1.54, 1.807) is 7.11 Å². The fourth-order valence-corrected chi connectivity index (χ4v) is 3.68. The first-order valence-corrected chi connectivity index (χ1v) is 10.0. The van der Waals surface area contributed by atoms with E-state index in [9.17, 15) is 9.59 Å². The molecule has 3 N–H and O–H groups in total. The number of benzene rings is 2. The number of fused-ring (bicyclic) bond motifs is 3. The second-order valence-electron chi connectivity index (χ2n) is 7.19. The average Bonchev–Trinajstić information content (AvgIpc) is 3.11. The van der Waals surface area contributed by atoms with Crippen molar-refractivity contribution in [2.24, 2.45) is 0 Å². The van der Waals surface area contributed by atoms with Crippen LogP contribution in [0, 0.1) is 11.7 Å². The van der Waals surface area contributed by atoms with Gasteiger partial charge in [0.05, 0.1) is 12.6 Å². The fourth-order valence-electron chi connectivity index (χ4n) is 3.40. The highest BCUT2D eigenvalue weighted by Crippen LogP contribution is 2.25. The summed E-state index contributed by atoms with van der Waals surface area (Å²) in [6, 6.07) is 13.5. The number of carbonyl (C=O) groups excluding carboxylic acids is 1. The number of hydrogen-bond acceptors (Lipinski definition) is 4. The van der Waals surface area contributed by atoms with Crippen LogP contribution < -0.4 is 15.6 Å². The number of ether oxygens (including phenoxy) is 1. The van der Waals surface area contributed by atoms with Crippen molar-refractivity contribution in [1.82, 2.24) is 19.9 Å². The molecule has 0 atom stereocenters. The SMILES string of the molecule is COc1ccc2[nH]c3c(=O)n(CCC(=O)NCc4ccc(C)cc4)c(=S)[nH]c3c2c1. The van der Waals surface area contributed by atoms with Gasteiger partial charge in [-0.25, -0.2) is 0 Å². The summed E-state index contributed by atoms with van der Waals surface area (Å²) in [4.78, 5) is 31.5. The van der Waals surface area contributed by atoms with Gasteiger partial charge in [-0.1, -0.05) is 29.8 Å². The third-order valence-corrected chi connectivity index (χ3v) is 5.44. The largest absolute Gasteiger partial charge is 0.497 e. The van der Waals surface area contributed by atoms with E-state index in [-0.39, 0.29) is 29.2 Å². The monoisotopic (exact) mass is 422 g/mol. The highest BCUT2D eigenvalue weighted by molar-refractivity contribution is 7.71. The standard InChI is InChI=1S/C22H22N4O3S/c1-13-3-5-14(6-4-13)12-23-18(27)9-10-26-21(28)20-19(25-22(26)30)16-11-15(29-2)7-8-17(16)24-20/h3-8,11,24H,9-10,12H2,1-2H3,(H,23,27)(H,25,30). The molecule has 0 aliphatic heterocycles. The molecule has 2 heterocycles. The van der Waals surface area contributed by atoms with E-state index in [1.807, 2.05) is 49.4 Å². The molecule has 4 rings (SSSR count). The van der Waals surface area contributed by atoms with Crippen LogP contribution in [0.2, 0.25) is 0 Å². The Kier molecular flexibility index (Phi) is 5.41. The number of nitrogens with one attached hydrogen (secondary N) is 3. The second kappa shape index (κ2) is 8.16. The van der Waals surface area contributed by atoms with E-state index in [1.165, 1.54) is 10.1 Å². The molecular formula is C22H22N4O3S. The molecule has 0 bridgehead atoms. The number of methoxy groups -OCH3 is 1. The van der Waals surface area contributed by atoms with E-state index in [2.05, 4.69) is 15.3 Å². The van der Waals surface area contributed by atoms with E-state index in [4.69, 9.17) is 17.0 Å². The van der Waals surface area contributed by atoms with Crippen molar-refractivity contribution in [3.8, 4) is 5.75 Å². The van der Waals surface area contributed by atoms with Gasteiger partial charge in [-0.2, -0.15) is 0 Å². The predicted molar refractivity (Wildman–Crippen MR) is 119 cm³/mol. The maximum absolute atomic E-state index is 13.0. The summed E-state index contributed by atoms with van der Waals surface area (Å²) in [5.41, 5.74) is 3.81. The van der Waals surface area contributed by atoms with Crippen molar-refractivity contribution < 1.29 is 9.53 Å². The van der Waals surface area contributed by atoms with Crippen LogP contribution in [0.4, 0.5) is 0 Å². The molecule has 8 heteroatoms. The van der Waals surface area contributed by atoms with Crippen LogP contribution in [-0.4, -0.2) is 27.6 Å². The van der Waals surface area contributed by atoms with Crippen molar-refractivity contribution in [3.05, 3.63) is 68.7 Å². The van der Waals surface area contributed by atoms with Gasteiger partial charge in [0.15, 0.2) is 4.77 Å². The number of nitrogens with zero attached hydrogens (tertiary/aromatic N) is 1. The first-order valence-electron chi connectivity index (χ1n) is 9.61. The van der Waals surface area contributed by atoms with Gasteiger partial charge in [0.25, 0.3) is 5.56 Å². The van der Waals surface area contributed by atoms with Gasteiger partial charge >= 0.3 is 0 Å². The summed E-state index contributed by atoms with van der Waals surface area (Å²) >= 11 is 5.39. The lowest BCUT2D eigenvalue weighted by atomic mass is 10.1. The minimum absolute atomic E-state index is 0.140. The molecule has 7 nitrogen and oxygen atoms in total. The summed E-state index contributed by atoms with van der Waals surface area (Å²) < 4.78 is 6.96. The van der Waals surface area contributed by atoms with Crippen LogP contribution in [0.5, 0.6) is 5.75 Å². The Morgan fingerprint density at radius 1 is 1.13 bits per heavy atom. The highest BCUT2D eigenvalue weighted by Gasteiger charge is 2.13. The Morgan fingerprint density at radius 2 is 1.90 bits per heavy atom. The Labute approximate surface area is 177 Å². The lowest BCUT2D eigenvalue weighted by Gasteiger charge is -2.08. The number of carbonyl (C=O) groups is 1. The Balaban J connectivity index is 1.53. The number of rotatable bonds is 6. The number of hydrogen-bond donors (Lipinski definition) is 3. The molecule has 1 amide bonds. The molecule has 0 radical (unpaired) electrons. The minimum Gasteiger partial charge on any atom is -0.497 e. The Morgan fingerprint density at radius 3 is 2.63 bits per heavy atom. The number of amides is 1. The topological polar surface area (TPSA) is 91.9 Å². The molecule has 0 saturated heterocycles. The molecule has 154 valence electrons. The maximum atomic E-state index is 13.0. The summed E-state index contributed by atoms with van der Waals surface area (Å²) in [5, 5.41) is 3.71. The summed E-state index contributed by atoms with van der Waals surface area (Å²) in [6.07, 6.45) is 0.156. The van der Waals surface area contributed by atoms with Crippen molar-refractivity contribution in [2.75, 3.05) is 7.11 Å². The number of aromatic amines is 2. The molecule has 0 aliphatic rings. The quantitative estimate of drug-likeness (QED) is 0.414. The van der Waals surface area contributed by atoms with E-state index in [0.29, 0.717) is 23.3 Å². The molecule has 0 spiro atoms. The first-order chi connectivity index (χ1) is 14.5. The van der Waals surface area contributed by atoms with Gasteiger partial charge < -0.3 is 20.0 Å². The molecule has 0 aliphatic carbocycles. The third-order valence-electron chi connectivity index (χ3n) is 5.11. The Bertz CT molecular complexity index is 1350. The van der Waals surface area contributed by atoms with Gasteiger partial charge in [-0.05, 0) is 42.9 Å². The van der Waals surface area contributed by atoms with Crippen LogP contribution in [0.3, 0.4) is 0 Å². The van der Waals surface area contributed by atoms with Crippen LogP contribution >= 0.6 is 12.2 Å². The predicted octanol–water partition coefficient (Wildman–Crippen LogP) is 3.56. The summed E-state index contributed by atoms with van der Waals surface area (Å²) in [6.45, 7) is 2.66. The average molecular weight is 423 g/mol. The molecule has 2 aromatic carbocycles. The van der Waals surface area contributed by atoms with Gasteiger partial charge in [-0.15, -0.1) is 0 Å². The smallest absolute Gasteiger partial charge is 0.278 e. The molecule has 4 aromatic rings. The van der Waals surface area contributed by atoms with Crippen molar-refractivity contribution in [1.29, 1.82) is 0 Å². The van der Waals surface area contributed by atoms with Crippen molar-refractivity contribution in [3.63, 3.8) is 0 Å². The van der Waals surface area contributed by atoms with Gasteiger partial charge in [-0.3, -0.25) is 14.2 Å². The molecule has 0 unspecified atom stereocenters. The number of aromatic nitrogens is 3. The zero-order valence-corrected chi connectivity index (χ0v) is 17.6. The van der Waals surface area contributed by atoms with Crippen molar-refractivity contribution >= 4 is 40.1 Å². The highest BCUT2D eigenvalue weighted by atomic mass is 32.1. The summed E-state index contributed by atoms with van der Waals surface area (Å²) in [7, 11) is 1.59. The zero-order chi connectivity index (χ0) is 21.3. The fraction of sp³-hybridized carbons (Fsp3) is 0.227. The molecular weight excluding hydrogens is 400 g/mol. The second-order valence-corrected chi connectivity index (χ2v) is 7.57. The van der Waals surface area contributed by atoms with Gasteiger partial charge in [0.2, 0.25) is 5.91 Å². The van der Waals surface area contributed by atoms with Crippen LogP contribution in [-0.2, 0) is 17.9 Å². The molecule has 2 aromatic heterocycles. The maximum Gasteiger partial charge on any atom is 0.278 e. The lowest BCUT2D eigenvalue weighted by Crippen LogP contribution is -2.28. The van der Waals surface area contributed by atoms with E-state index >= 15 is 0 Å². The Hall–Kier alpha value is -3.39.